The van der Waals surface area contributed by atoms with Crippen LogP contribution in [0.1, 0.15) is 64.0 Å². The lowest BCUT2D eigenvalue weighted by Crippen LogP contribution is -2.31. The van der Waals surface area contributed by atoms with Gasteiger partial charge in [0.2, 0.25) is 0 Å². The van der Waals surface area contributed by atoms with Gasteiger partial charge in [-0.2, -0.15) is 0 Å². The Hall–Kier alpha value is -3.33. The second-order valence-electron chi connectivity index (χ2n) is 9.76. The third-order valence-corrected chi connectivity index (χ3v) is 7.03. The summed E-state index contributed by atoms with van der Waals surface area (Å²) >= 11 is 0. The highest BCUT2D eigenvalue weighted by Gasteiger charge is 2.29. The van der Waals surface area contributed by atoms with Gasteiger partial charge in [0, 0.05) is 18.8 Å². The minimum absolute atomic E-state index is 0.115. The van der Waals surface area contributed by atoms with Crippen molar-refractivity contribution in [1.82, 2.24) is 0 Å². The van der Waals surface area contributed by atoms with Gasteiger partial charge in [-0.3, -0.25) is 0 Å². The van der Waals surface area contributed by atoms with Crippen LogP contribution in [0.3, 0.4) is 0 Å². The predicted molar refractivity (Wildman–Crippen MR) is 130 cm³/mol. The number of benzene rings is 3. The number of carbonyl (C=O) groups is 1. The molecule has 0 spiro atoms. The lowest BCUT2D eigenvalue weighted by atomic mass is 9.72. The number of aryl methyl sites for hydroxylation is 1. The highest BCUT2D eigenvalue weighted by Crippen LogP contribution is 2.43. The van der Waals surface area contributed by atoms with Crippen molar-refractivity contribution >= 4 is 17.2 Å². The van der Waals surface area contributed by atoms with Gasteiger partial charge >= 0.3 is 5.97 Å². The van der Waals surface area contributed by atoms with E-state index in [2.05, 4.69) is 74.2 Å². The third-order valence-electron chi connectivity index (χ3n) is 7.03. The van der Waals surface area contributed by atoms with Crippen molar-refractivity contribution in [3.8, 4) is 0 Å². The molecule has 3 nitrogen and oxygen atoms in total. The van der Waals surface area contributed by atoms with Gasteiger partial charge in [0.1, 0.15) is 0 Å². The Kier molecular flexibility index (Phi) is 4.93. The summed E-state index contributed by atoms with van der Waals surface area (Å²) in [5.41, 5.74) is 10.7. The Morgan fingerprint density at radius 1 is 0.969 bits per heavy atom. The average molecular weight is 424 g/mol. The number of nitrogens with zero attached hydrogens (tertiary/aromatic N) is 1. The second kappa shape index (κ2) is 7.67. The summed E-state index contributed by atoms with van der Waals surface area (Å²) in [6.07, 6.45) is 4.29. The molecule has 1 heterocycles. The van der Waals surface area contributed by atoms with E-state index in [1.54, 1.807) is 6.07 Å². The maximum Gasteiger partial charge on any atom is 0.335 e. The molecule has 0 bridgehead atoms. The molecule has 5 rings (SSSR count). The molecule has 3 heteroatoms. The van der Waals surface area contributed by atoms with E-state index in [4.69, 9.17) is 0 Å². The van der Waals surface area contributed by atoms with Crippen LogP contribution in [0.2, 0.25) is 0 Å². The number of hydrogen-bond acceptors (Lipinski definition) is 2. The summed E-state index contributed by atoms with van der Waals surface area (Å²) in [4.78, 5) is 13.7. The Balaban J connectivity index is 1.51. The van der Waals surface area contributed by atoms with Gasteiger partial charge in [-0.15, -0.1) is 0 Å². The van der Waals surface area contributed by atoms with Gasteiger partial charge in [-0.05, 0) is 82.8 Å². The van der Waals surface area contributed by atoms with Gasteiger partial charge in [0.05, 0.1) is 5.56 Å². The highest BCUT2D eigenvalue weighted by molar-refractivity contribution is 5.88. The smallest absolute Gasteiger partial charge is 0.335 e. The van der Waals surface area contributed by atoms with Gasteiger partial charge in [-0.1, -0.05) is 61.9 Å². The molecule has 0 aromatic heterocycles. The van der Waals surface area contributed by atoms with Crippen LogP contribution in [0.25, 0.3) is 5.57 Å². The fraction of sp³-hybridized carbons (Fsp3) is 0.276. The maximum absolute atomic E-state index is 11.3. The fourth-order valence-electron chi connectivity index (χ4n) is 5.03. The molecule has 0 unspecified atom stereocenters. The van der Waals surface area contributed by atoms with Crippen LogP contribution in [0.4, 0.5) is 5.69 Å². The number of fused-ring (bicyclic) bond motifs is 2. The molecule has 0 amide bonds. The average Bonchev–Trinajstić information content (AvgIpc) is 2.79. The first-order valence-electron chi connectivity index (χ1n) is 11.3. The number of carboxylic acids is 1. The van der Waals surface area contributed by atoms with E-state index in [0.29, 0.717) is 5.56 Å². The van der Waals surface area contributed by atoms with Crippen LogP contribution in [0, 0.1) is 6.92 Å². The Labute approximate surface area is 190 Å². The first-order chi connectivity index (χ1) is 15.3. The quantitative estimate of drug-likeness (QED) is 0.532. The minimum atomic E-state index is -0.858. The van der Waals surface area contributed by atoms with Crippen LogP contribution >= 0.6 is 0 Å². The summed E-state index contributed by atoms with van der Waals surface area (Å²) in [5.74, 6) is -0.858. The molecule has 1 aliphatic heterocycles. The molecule has 3 aromatic carbocycles. The zero-order chi connectivity index (χ0) is 22.5. The molecule has 1 N–H and O–H groups in total. The zero-order valence-electron chi connectivity index (χ0n) is 19.0. The second-order valence-corrected chi connectivity index (χ2v) is 9.76. The van der Waals surface area contributed by atoms with Gasteiger partial charge < -0.3 is 10.0 Å². The molecule has 162 valence electrons. The van der Waals surface area contributed by atoms with E-state index in [-0.39, 0.29) is 5.41 Å². The molecule has 1 aliphatic carbocycles. The first kappa shape index (κ1) is 20.6. The molecule has 0 fully saturated rings. The number of hydrogen-bond donors (Lipinski definition) is 1. The van der Waals surface area contributed by atoms with E-state index < -0.39 is 5.97 Å². The molecule has 0 saturated carbocycles. The number of rotatable bonds is 3. The van der Waals surface area contributed by atoms with Crippen molar-refractivity contribution in [3.05, 3.63) is 106 Å². The largest absolute Gasteiger partial charge is 0.478 e. The van der Waals surface area contributed by atoms with E-state index in [9.17, 15) is 9.90 Å². The zero-order valence-corrected chi connectivity index (χ0v) is 19.0. The molecule has 2 aliphatic rings. The normalized spacial score (nSPS) is 16.7. The first-order valence-corrected chi connectivity index (χ1v) is 11.3. The lowest BCUT2D eigenvalue weighted by Gasteiger charge is -2.35. The molecule has 0 saturated heterocycles. The Morgan fingerprint density at radius 2 is 1.75 bits per heavy atom. The van der Waals surface area contributed by atoms with E-state index in [0.717, 1.165) is 31.5 Å². The van der Waals surface area contributed by atoms with Crippen LogP contribution in [0.5, 0.6) is 0 Å². The number of aromatic carboxylic acids is 1. The van der Waals surface area contributed by atoms with Crippen LogP contribution in [0.15, 0.2) is 66.7 Å². The summed E-state index contributed by atoms with van der Waals surface area (Å²) in [7, 11) is 0. The lowest BCUT2D eigenvalue weighted by molar-refractivity contribution is 0.0696. The number of carboxylic acid groups (broad SMARTS) is 1. The van der Waals surface area contributed by atoms with Gasteiger partial charge in [0.15, 0.2) is 0 Å². The van der Waals surface area contributed by atoms with E-state index in [1.807, 2.05) is 12.1 Å². The molecular formula is C29H29NO2. The van der Waals surface area contributed by atoms with Crippen molar-refractivity contribution in [2.75, 3.05) is 11.4 Å². The van der Waals surface area contributed by atoms with Crippen molar-refractivity contribution in [2.24, 2.45) is 0 Å². The monoisotopic (exact) mass is 423 g/mol. The molecule has 3 aromatic rings. The minimum Gasteiger partial charge on any atom is -0.478 e. The Morgan fingerprint density at radius 3 is 2.50 bits per heavy atom. The topological polar surface area (TPSA) is 40.5 Å². The standard InChI is InChI=1S/C29H29NO2/c1-19-4-6-20(7-5-19)25-12-14-29(2,3)27-11-10-24(17-26(25)27)30-15-13-21-16-22(28(31)32)8-9-23(21)18-30/h4-12,16-17H,13-15,18H2,1-3H3,(H,31,32). The van der Waals surface area contributed by atoms with Gasteiger partial charge in [-0.25, -0.2) is 4.79 Å². The summed E-state index contributed by atoms with van der Waals surface area (Å²) < 4.78 is 0. The molecule has 0 atom stereocenters. The molecule has 0 radical (unpaired) electrons. The third kappa shape index (κ3) is 3.62. The van der Waals surface area contributed by atoms with Gasteiger partial charge in [0.25, 0.3) is 0 Å². The summed E-state index contributed by atoms with van der Waals surface area (Å²) in [5, 5.41) is 9.29. The van der Waals surface area contributed by atoms with Crippen LogP contribution in [-0.2, 0) is 18.4 Å². The fourth-order valence-corrected chi connectivity index (χ4v) is 5.03. The van der Waals surface area contributed by atoms with Crippen molar-refractivity contribution in [3.63, 3.8) is 0 Å². The van der Waals surface area contributed by atoms with Crippen molar-refractivity contribution in [1.29, 1.82) is 0 Å². The number of anilines is 1. The summed E-state index contributed by atoms with van der Waals surface area (Å²) in [6, 6.07) is 21.3. The highest BCUT2D eigenvalue weighted by atomic mass is 16.4. The Bertz CT molecular complexity index is 1230. The molecule has 32 heavy (non-hydrogen) atoms. The van der Waals surface area contributed by atoms with Crippen molar-refractivity contribution in [2.45, 2.75) is 45.6 Å². The maximum atomic E-state index is 11.3. The summed E-state index contributed by atoms with van der Waals surface area (Å²) in [6.45, 7) is 8.47. The van der Waals surface area contributed by atoms with E-state index in [1.165, 1.54) is 39.1 Å². The van der Waals surface area contributed by atoms with Crippen LogP contribution in [-0.4, -0.2) is 17.6 Å². The van der Waals surface area contributed by atoms with Crippen LogP contribution < -0.4 is 4.90 Å². The van der Waals surface area contributed by atoms with E-state index >= 15 is 0 Å². The predicted octanol–water partition coefficient (Wildman–Crippen LogP) is 6.37. The number of allylic oxidation sites excluding steroid dienone is 1. The SMILES string of the molecule is Cc1ccc(C2=CCC(C)(C)c3ccc(N4CCc5cc(C(=O)O)ccc5C4)cc32)cc1. The van der Waals surface area contributed by atoms with Crippen molar-refractivity contribution < 1.29 is 9.90 Å². The molecular weight excluding hydrogens is 394 g/mol.